The van der Waals surface area contributed by atoms with E-state index < -0.39 is 17.8 Å². The molecule has 64 valence electrons. The highest BCUT2D eigenvalue weighted by Gasteiger charge is 2.29. The first-order valence-corrected chi connectivity index (χ1v) is 3.52. The highest BCUT2D eigenvalue weighted by atomic mass is 16.4. The van der Waals surface area contributed by atoms with Crippen molar-refractivity contribution in [1.82, 2.24) is 0 Å². The Bertz CT molecular complexity index is 301. The minimum absolute atomic E-state index is 0.542. The second-order valence-corrected chi connectivity index (χ2v) is 2.75. The molecule has 1 rings (SSSR count). The number of dihydropyridines is 1. The molecule has 0 fully saturated rings. The van der Waals surface area contributed by atoms with E-state index in [-0.39, 0.29) is 0 Å². The summed E-state index contributed by atoms with van der Waals surface area (Å²) in [6.45, 7) is 3.29. The molecule has 12 heavy (non-hydrogen) atoms. The summed E-state index contributed by atoms with van der Waals surface area (Å²) in [6.07, 6.45) is 1.61. The molecule has 4 nitrogen and oxygen atoms in total. The number of carbonyl (C=O) groups is 2. The molecule has 1 atom stereocenters. The number of aliphatic imine (C=N–C) groups is 1. The Labute approximate surface area is 69.6 Å². The van der Waals surface area contributed by atoms with Crippen LogP contribution in [-0.2, 0) is 9.59 Å². The van der Waals surface area contributed by atoms with Gasteiger partial charge in [-0.15, -0.1) is 0 Å². The van der Waals surface area contributed by atoms with E-state index >= 15 is 0 Å². The molecule has 0 spiro atoms. The fourth-order valence-corrected chi connectivity index (χ4v) is 1.18. The van der Waals surface area contributed by atoms with Gasteiger partial charge in [0.2, 0.25) is 0 Å². The average molecular weight is 167 g/mol. The lowest BCUT2D eigenvalue weighted by Gasteiger charge is -2.13. The molecule has 0 aromatic carbocycles. The van der Waals surface area contributed by atoms with E-state index in [9.17, 15) is 9.59 Å². The van der Waals surface area contributed by atoms with Gasteiger partial charge in [-0.3, -0.25) is 9.59 Å². The number of hydrogen-bond donors (Lipinski definition) is 1. The number of nitrogens with zero attached hydrogens (tertiary/aromatic N) is 1. The summed E-state index contributed by atoms with van der Waals surface area (Å²) in [6, 6.07) is 0. The van der Waals surface area contributed by atoms with Gasteiger partial charge in [0, 0.05) is 5.71 Å². The van der Waals surface area contributed by atoms with E-state index in [1.165, 1.54) is 0 Å². The topological polar surface area (TPSA) is 66.7 Å². The Kier molecular flexibility index (Phi) is 2.08. The van der Waals surface area contributed by atoms with Gasteiger partial charge in [0.25, 0.3) is 5.91 Å². The fraction of sp³-hybridized carbons (Fsp3) is 0.375. The minimum atomic E-state index is -1.13. The van der Waals surface area contributed by atoms with Crippen molar-refractivity contribution in [2.45, 2.75) is 13.8 Å². The predicted octanol–water partition coefficient (Wildman–Crippen LogP) is 0.635. The molecule has 0 aromatic heterocycles. The van der Waals surface area contributed by atoms with Crippen LogP contribution in [0.25, 0.3) is 0 Å². The van der Waals surface area contributed by atoms with Gasteiger partial charge in [0.1, 0.15) is 0 Å². The minimum Gasteiger partial charge on any atom is -0.480 e. The Morgan fingerprint density at radius 3 is 2.58 bits per heavy atom. The third kappa shape index (κ3) is 1.42. The molecular formula is C8H9NO3. The van der Waals surface area contributed by atoms with E-state index in [4.69, 9.17) is 5.11 Å². The molecule has 1 amide bonds. The van der Waals surface area contributed by atoms with Gasteiger partial charge < -0.3 is 5.11 Å². The highest BCUT2D eigenvalue weighted by molar-refractivity contribution is 6.11. The van der Waals surface area contributed by atoms with Crippen LogP contribution in [0.5, 0.6) is 0 Å². The number of carboxylic acids is 1. The maximum Gasteiger partial charge on any atom is 0.320 e. The van der Waals surface area contributed by atoms with Crippen molar-refractivity contribution in [1.29, 1.82) is 0 Å². The average Bonchev–Trinajstić information content (AvgIpc) is 1.82. The molecule has 1 N–H and O–H groups in total. The van der Waals surface area contributed by atoms with Crippen molar-refractivity contribution in [3.05, 3.63) is 11.6 Å². The Morgan fingerprint density at radius 1 is 1.58 bits per heavy atom. The number of hydrogen-bond acceptors (Lipinski definition) is 2. The molecule has 4 heteroatoms. The lowest BCUT2D eigenvalue weighted by molar-refractivity contribution is -0.144. The van der Waals surface area contributed by atoms with Crippen LogP contribution in [0.4, 0.5) is 0 Å². The molecule has 1 aliphatic heterocycles. The van der Waals surface area contributed by atoms with E-state index in [1.807, 2.05) is 0 Å². The standard InChI is InChI=1S/C8H9NO3/c1-4-3-5(2)9-7(10)6(4)8(11)12/h3,6H,1-2H3,(H,11,12)/t6-/m1/s1. The van der Waals surface area contributed by atoms with Gasteiger partial charge in [-0.25, -0.2) is 4.99 Å². The quantitative estimate of drug-likeness (QED) is 0.582. The lowest BCUT2D eigenvalue weighted by Crippen LogP contribution is -2.27. The van der Waals surface area contributed by atoms with Gasteiger partial charge in [0.15, 0.2) is 5.92 Å². The highest BCUT2D eigenvalue weighted by Crippen LogP contribution is 2.17. The smallest absolute Gasteiger partial charge is 0.320 e. The van der Waals surface area contributed by atoms with Crippen LogP contribution in [0.2, 0.25) is 0 Å². The van der Waals surface area contributed by atoms with Crippen LogP contribution >= 0.6 is 0 Å². The van der Waals surface area contributed by atoms with Crippen LogP contribution in [0.15, 0.2) is 16.6 Å². The van der Waals surface area contributed by atoms with E-state index in [1.54, 1.807) is 19.9 Å². The number of aliphatic carboxylic acids is 1. The van der Waals surface area contributed by atoms with Crippen molar-refractivity contribution in [2.75, 3.05) is 0 Å². The Hall–Kier alpha value is -1.45. The number of allylic oxidation sites excluding steroid dienone is 1. The Balaban J connectivity index is 3.03. The summed E-state index contributed by atoms with van der Waals surface area (Å²) in [5.41, 5.74) is 1.11. The zero-order chi connectivity index (χ0) is 9.30. The van der Waals surface area contributed by atoms with Crippen LogP contribution in [-0.4, -0.2) is 22.7 Å². The molecule has 1 aliphatic rings. The molecule has 0 aromatic rings. The van der Waals surface area contributed by atoms with E-state index in [0.717, 1.165) is 0 Å². The van der Waals surface area contributed by atoms with Gasteiger partial charge in [-0.1, -0.05) is 0 Å². The van der Waals surface area contributed by atoms with Crippen molar-refractivity contribution < 1.29 is 14.7 Å². The molecular weight excluding hydrogens is 158 g/mol. The summed E-state index contributed by atoms with van der Waals surface area (Å²) in [5.74, 6) is -2.79. The number of carbonyl (C=O) groups excluding carboxylic acids is 1. The maximum atomic E-state index is 11.0. The van der Waals surface area contributed by atoms with E-state index in [0.29, 0.717) is 11.3 Å². The third-order valence-corrected chi connectivity index (χ3v) is 1.67. The largest absolute Gasteiger partial charge is 0.480 e. The number of amides is 1. The summed E-state index contributed by atoms with van der Waals surface area (Å²) in [7, 11) is 0. The van der Waals surface area contributed by atoms with Crippen molar-refractivity contribution in [3.8, 4) is 0 Å². The summed E-state index contributed by atoms with van der Waals surface area (Å²) in [5, 5.41) is 8.63. The zero-order valence-corrected chi connectivity index (χ0v) is 6.87. The monoisotopic (exact) mass is 167 g/mol. The summed E-state index contributed by atoms with van der Waals surface area (Å²) < 4.78 is 0. The number of rotatable bonds is 1. The SMILES string of the molecule is CC1=CC(C)=NC(=O)[C@@H]1C(=O)O. The molecule has 0 unspecified atom stereocenters. The fourth-order valence-electron chi connectivity index (χ4n) is 1.18. The summed E-state index contributed by atoms with van der Waals surface area (Å²) in [4.78, 5) is 25.2. The molecule has 0 bridgehead atoms. The van der Waals surface area contributed by atoms with Crippen molar-refractivity contribution in [3.63, 3.8) is 0 Å². The molecule has 0 aliphatic carbocycles. The van der Waals surface area contributed by atoms with Crippen molar-refractivity contribution in [2.24, 2.45) is 10.9 Å². The van der Waals surface area contributed by atoms with Gasteiger partial charge in [0.05, 0.1) is 0 Å². The van der Waals surface area contributed by atoms with Crippen LogP contribution in [0.3, 0.4) is 0 Å². The maximum absolute atomic E-state index is 11.0. The first-order valence-electron chi connectivity index (χ1n) is 3.52. The normalized spacial score (nSPS) is 23.2. The molecule has 0 saturated carbocycles. The first kappa shape index (κ1) is 8.64. The van der Waals surface area contributed by atoms with Crippen LogP contribution in [0.1, 0.15) is 13.8 Å². The van der Waals surface area contributed by atoms with Gasteiger partial charge in [-0.2, -0.15) is 0 Å². The second kappa shape index (κ2) is 2.89. The van der Waals surface area contributed by atoms with Gasteiger partial charge >= 0.3 is 5.97 Å². The lowest BCUT2D eigenvalue weighted by atomic mass is 9.96. The zero-order valence-electron chi connectivity index (χ0n) is 6.87. The van der Waals surface area contributed by atoms with Crippen LogP contribution in [0, 0.1) is 5.92 Å². The molecule has 0 radical (unpaired) electrons. The van der Waals surface area contributed by atoms with Crippen molar-refractivity contribution >= 4 is 17.6 Å². The second-order valence-electron chi connectivity index (χ2n) is 2.75. The number of carboxylic acid groups (broad SMARTS) is 1. The predicted molar refractivity (Wildman–Crippen MR) is 43.0 cm³/mol. The third-order valence-electron chi connectivity index (χ3n) is 1.67. The van der Waals surface area contributed by atoms with Crippen LogP contribution < -0.4 is 0 Å². The Morgan fingerprint density at radius 2 is 2.17 bits per heavy atom. The summed E-state index contributed by atoms with van der Waals surface area (Å²) >= 11 is 0. The molecule has 0 saturated heterocycles. The first-order chi connectivity index (χ1) is 5.52. The van der Waals surface area contributed by atoms with Gasteiger partial charge in [-0.05, 0) is 25.5 Å². The van der Waals surface area contributed by atoms with E-state index in [2.05, 4.69) is 4.99 Å². The molecule has 1 heterocycles.